The van der Waals surface area contributed by atoms with Crippen molar-refractivity contribution in [3.63, 3.8) is 0 Å². The standard InChI is InChI=1S/C18H20FN3O3/c1-12-11-16(21-25-12)20-18(24)15-3-2-10-22(15)17(23)9-6-13-4-7-14(19)8-5-13/h4-5,7-8,11,15H,2-3,6,9-10H2,1H3,(H,20,21,24). The van der Waals surface area contributed by atoms with Crippen LogP contribution in [-0.2, 0) is 16.0 Å². The first-order chi connectivity index (χ1) is 12.0. The Bertz CT molecular complexity index is 757. The van der Waals surface area contributed by atoms with Crippen LogP contribution in [0.25, 0.3) is 0 Å². The van der Waals surface area contributed by atoms with E-state index in [2.05, 4.69) is 10.5 Å². The van der Waals surface area contributed by atoms with Crippen LogP contribution in [0.15, 0.2) is 34.9 Å². The van der Waals surface area contributed by atoms with Gasteiger partial charge in [0.15, 0.2) is 5.82 Å². The number of halogens is 1. The highest BCUT2D eigenvalue weighted by Gasteiger charge is 2.34. The molecule has 1 aromatic carbocycles. The number of anilines is 1. The lowest BCUT2D eigenvalue weighted by Crippen LogP contribution is -2.43. The second-order valence-corrected chi connectivity index (χ2v) is 6.18. The van der Waals surface area contributed by atoms with Crippen LogP contribution >= 0.6 is 0 Å². The first kappa shape index (κ1) is 17.1. The molecule has 6 nitrogen and oxygen atoms in total. The van der Waals surface area contributed by atoms with E-state index >= 15 is 0 Å². The molecule has 1 atom stereocenters. The van der Waals surface area contributed by atoms with E-state index in [0.717, 1.165) is 12.0 Å². The van der Waals surface area contributed by atoms with Crippen molar-refractivity contribution in [3.8, 4) is 0 Å². The molecule has 1 saturated heterocycles. The molecule has 1 unspecified atom stereocenters. The highest BCUT2D eigenvalue weighted by molar-refractivity contribution is 5.96. The molecule has 7 heteroatoms. The van der Waals surface area contributed by atoms with E-state index in [-0.39, 0.29) is 17.6 Å². The van der Waals surface area contributed by atoms with Crippen molar-refractivity contribution in [1.29, 1.82) is 0 Å². The predicted molar refractivity (Wildman–Crippen MR) is 89.3 cm³/mol. The molecule has 2 aromatic rings. The average Bonchev–Trinajstić information content (AvgIpc) is 3.23. The second kappa shape index (κ2) is 7.46. The van der Waals surface area contributed by atoms with Crippen molar-refractivity contribution in [2.75, 3.05) is 11.9 Å². The smallest absolute Gasteiger partial charge is 0.248 e. The summed E-state index contributed by atoms with van der Waals surface area (Å²) in [7, 11) is 0. The Hall–Kier alpha value is -2.70. The maximum absolute atomic E-state index is 12.9. The normalized spacial score (nSPS) is 16.9. The number of benzene rings is 1. The van der Waals surface area contributed by atoms with Gasteiger partial charge in [0.05, 0.1) is 0 Å². The predicted octanol–water partition coefficient (Wildman–Crippen LogP) is 2.68. The number of hydrogen-bond acceptors (Lipinski definition) is 4. The lowest BCUT2D eigenvalue weighted by molar-refractivity contribution is -0.136. The second-order valence-electron chi connectivity index (χ2n) is 6.18. The molecular formula is C18H20FN3O3. The van der Waals surface area contributed by atoms with Crippen LogP contribution in [0.2, 0.25) is 0 Å². The highest BCUT2D eigenvalue weighted by Crippen LogP contribution is 2.21. The minimum Gasteiger partial charge on any atom is -0.360 e. The van der Waals surface area contributed by atoms with Gasteiger partial charge in [-0.25, -0.2) is 4.39 Å². The summed E-state index contributed by atoms with van der Waals surface area (Å²) in [5.74, 6) is 0.343. The molecule has 0 radical (unpaired) electrons. The summed E-state index contributed by atoms with van der Waals surface area (Å²) in [6.07, 6.45) is 2.23. The van der Waals surface area contributed by atoms with Crippen LogP contribution in [-0.4, -0.2) is 34.5 Å². The molecule has 2 heterocycles. The number of aromatic nitrogens is 1. The molecule has 132 valence electrons. The maximum Gasteiger partial charge on any atom is 0.248 e. The number of carbonyl (C=O) groups excluding carboxylic acids is 2. The molecule has 1 aliphatic rings. The molecule has 1 aromatic heterocycles. The number of nitrogens with zero attached hydrogens (tertiary/aromatic N) is 2. The zero-order valence-electron chi connectivity index (χ0n) is 14.0. The fourth-order valence-electron chi connectivity index (χ4n) is 3.02. The zero-order chi connectivity index (χ0) is 17.8. The van der Waals surface area contributed by atoms with Crippen LogP contribution in [0.4, 0.5) is 10.2 Å². The third kappa shape index (κ3) is 4.23. The topological polar surface area (TPSA) is 75.4 Å². The molecule has 0 saturated carbocycles. The summed E-state index contributed by atoms with van der Waals surface area (Å²) in [4.78, 5) is 26.5. The summed E-state index contributed by atoms with van der Waals surface area (Å²) in [5.41, 5.74) is 0.896. The van der Waals surface area contributed by atoms with Gasteiger partial charge < -0.3 is 14.7 Å². The number of likely N-dealkylation sites (tertiary alicyclic amines) is 1. The van der Waals surface area contributed by atoms with Crippen LogP contribution in [0, 0.1) is 12.7 Å². The Morgan fingerprint density at radius 2 is 2.12 bits per heavy atom. The van der Waals surface area contributed by atoms with Gasteiger partial charge in [-0.1, -0.05) is 17.3 Å². The fraction of sp³-hybridized carbons (Fsp3) is 0.389. The van der Waals surface area contributed by atoms with Crippen LogP contribution in [0.3, 0.4) is 0 Å². The number of hydrogen-bond donors (Lipinski definition) is 1. The summed E-state index contributed by atoms with van der Waals surface area (Å²) in [5, 5.41) is 6.43. The van der Waals surface area contributed by atoms with Gasteiger partial charge in [0, 0.05) is 19.0 Å². The van der Waals surface area contributed by atoms with E-state index in [9.17, 15) is 14.0 Å². The molecule has 3 rings (SSSR count). The average molecular weight is 345 g/mol. The van der Waals surface area contributed by atoms with Crippen LogP contribution in [0.5, 0.6) is 0 Å². The van der Waals surface area contributed by atoms with Gasteiger partial charge in [-0.05, 0) is 43.9 Å². The molecule has 1 aliphatic heterocycles. The molecular weight excluding hydrogens is 325 g/mol. The van der Waals surface area contributed by atoms with Crippen LogP contribution in [0.1, 0.15) is 30.6 Å². The molecule has 1 fully saturated rings. The number of nitrogens with one attached hydrogen (secondary N) is 1. The molecule has 0 bridgehead atoms. The lowest BCUT2D eigenvalue weighted by atomic mass is 10.1. The summed E-state index contributed by atoms with van der Waals surface area (Å²) >= 11 is 0. The first-order valence-corrected chi connectivity index (χ1v) is 8.31. The summed E-state index contributed by atoms with van der Waals surface area (Å²) in [6.45, 7) is 2.31. The number of amides is 2. The van der Waals surface area contributed by atoms with E-state index in [1.165, 1.54) is 12.1 Å². The molecule has 0 spiro atoms. The third-order valence-corrected chi connectivity index (χ3v) is 4.30. The Labute approximate surface area is 145 Å². The van der Waals surface area contributed by atoms with Crippen molar-refractivity contribution in [1.82, 2.24) is 10.1 Å². The summed E-state index contributed by atoms with van der Waals surface area (Å²) < 4.78 is 17.8. The number of aryl methyl sites for hydroxylation is 2. The molecule has 25 heavy (non-hydrogen) atoms. The van der Waals surface area contributed by atoms with Crippen molar-refractivity contribution in [3.05, 3.63) is 47.5 Å². The quantitative estimate of drug-likeness (QED) is 0.904. The van der Waals surface area contributed by atoms with Gasteiger partial charge >= 0.3 is 0 Å². The van der Waals surface area contributed by atoms with E-state index < -0.39 is 6.04 Å². The number of rotatable bonds is 5. The van der Waals surface area contributed by atoms with Crippen molar-refractivity contribution < 1.29 is 18.5 Å². The number of carbonyl (C=O) groups is 2. The molecule has 1 N–H and O–H groups in total. The van der Waals surface area contributed by atoms with E-state index in [4.69, 9.17) is 4.52 Å². The lowest BCUT2D eigenvalue weighted by Gasteiger charge is -2.23. The van der Waals surface area contributed by atoms with Gasteiger partial charge in [0.1, 0.15) is 17.6 Å². The van der Waals surface area contributed by atoms with Crippen molar-refractivity contribution >= 4 is 17.6 Å². The summed E-state index contributed by atoms with van der Waals surface area (Å²) in [6, 6.07) is 7.25. The van der Waals surface area contributed by atoms with Crippen LogP contribution < -0.4 is 5.32 Å². The highest BCUT2D eigenvalue weighted by atomic mass is 19.1. The SMILES string of the molecule is Cc1cc(NC(=O)C2CCCN2C(=O)CCc2ccc(F)cc2)no1. The largest absolute Gasteiger partial charge is 0.360 e. The van der Waals surface area contributed by atoms with E-state index in [1.54, 1.807) is 30.0 Å². The first-order valence-electron chi connectivity index (χ1n) is 8.31. The van der Waals surface area contributed by atoms with Gasteiger partial charge in [0.2, 0.25) is 11.8 Å². The minimum absolute atomic E-state index is 0.0710. The van der Waals surface area contributed by atoms with Gasteiger partial charge in [-0.15, -0.1) is 0 Å². The third-order valence-electron chi connectivity index (χ3n) is 4.30. The monoisotopic (exact) mass is 345 g/mol. The maximum atomic E-state index is 12.9. The van der Waals surface area contributed by atoms with Gasteiger partial charge in [-0.3, -0.25) is 9.59 Å². The Balaban J connectivity index is 1.57. The Kier molecular flexibility index (Phi) is 5.11. The Morgan fingerprint density at radius 1 is 1.36 bits per heavy atom. The minimum atomic E-state index is -0.488. The molecule has 0 aliphatic carbocycles. The Morgan fingerprint density at radius 3 is 2.80 bits per heavy atom. The van der Waals surface area contributed by atoms with E-state index in [1.807, 2.05) is 0 Å². The van der Waals surface area contributed by atoms with E-state index in [0.29, 0.717) is 37.4 Å². The van der Waals surface area contributed by atoms with Crippen molar-refractivity contribution in [2.45, 2.75) is 38.6 Å². The zero-order valence-corrected chi connectivity index (χ0v) is 14.0. The fourth-order valence-corrected chi connectivity index (χ4v) is 3.02. The molecule has 2 amide bonds. The van der Waals surface area contributed by atoms with Crippen molar-refractivity contribution in [2.24, 2.45) is 0 Å². The van der Waals surface area contributed by atoms with Gasteiger partial charge in [-0.2, -0.15) is 0 Å². The van der Waals surface area contributed by atoms with Gasteiger partial charge in [0.25, 0.3) is 0 Å².